The van der Waals surface area contributed by atoms with Gasteiger partial charge in [-0.25, -0.2) is 4.39 Å². The van der Waals surface area contributed by atoms with Crippen LogP contribution in [0.1, 0.15) is 40.4 Å². The first-order valence-corrected chi connectivity index (χ1v) is 10.1. The number of hydrogen-bond donors (Lipinski definition) is 1. The number of nitrogens with one attached hydrogen (secondary N) is 1. The van der Waals surface area contributed by atoms with Gasteiger partial charge in [0.1, 0.15) is 11.5 Å². The molecule has 0 aliphatic heterocycles. The lowest BCUT2D eigenvalue weighted by Crippen LogP contribution is -2.32. The molecule has 1 N–H and O–H groups in total. The number of carbonyl (C=O) groups is 1. The molecule has 0 radical (unpaired) electrons. The molecule has 3 aromatic carbocycles. The van der Waals surface area contributed by atoms with Crippen molar-refractivity contribution in [2.45, 2.75) is 24.9 Å². The van der Waals surface area contributed by atoms with Crippen molar-refractivity contribution in [3.8, 4) is 0 Å². The number of anilines is 1. The van der Waals surface area contributed by atoms with E-state index in [1.165, 1.54) is 23.1 Å². The molecule has 158 valence electrons. The number of nitro groups is 1. The quantitative estimate of drug-likeness (QED) is 0.423. The molecule has 1 fully saturated rings. The molecule has 0 saturated heterocycles. The molecular weight excluding hydrogens is 397 g/mol. The highest BCUT2D eigenvalue weighted by atomic mass is 19.1. The molecule has 1 atom stereocenters. The van der Waals surface area contributed by atoms with Gasteiger partial charge in [-0.15, -0.1) is 0 Å². The number of rotatable bonds is 7. The molecule has 0 aromatic heterocycles. The number of nitro benzene ring substituents is 1. The SMILES string of the molecule is CN(C(=O)c1ccc(NC2CC2)c([N+](=O)[O-])c1)C(c1ccccc1)c1ccc(F)cc1. The lowest BCUT2D eigenvalue weighted by Gasteiger charge is -2.29. The van der Waals surface area contributed by atoms with Gasteiger partial charge in [-0.2, -0.15) is 0 Å². The Balaban J connectivity index is 1.69. The maximum Gasteiger partial charge on any atom is 0.293 e. The summed E-state index contributed by atoms with van der Waals surface area (Å²) in [6.07, 6.45) is 1.97. The van der Waals surface area contributed by atoms with E-state index >= 15 is 0 Å². The maximum absolute atomic E-state index is 13.5. The smallest absolute Gasteiger partial charge is 0.293 e. The van der Waals surface area contributed by atoms with E-state index < -0.39 is 11.0 Å². The van der Waals surface area contributed by atoms with E-state index in [-0.39, 0.29) is 29.0 Å². The second-order valence-electron chi connectivity index (χ2n) is 7.69. The first kappa shape index (κ1) is 20.5. The minimum Gasteiger partial charge on any atom is -0.377 e. The summed E-state index contributed by atoms with van der Waals surface area (Å²) < 4.78 is 13.5. The van der Waals surface area contributed by atoms with Crippen molar-refractivity contribution in [3.63, 3.8) is 0 Å². The second-order valence-corrected chi connectivity index (χ2v) is 7.69. The van der Waals surface area contributed by atoms with Crippen LogP contribution in [0.4, 0.5) is 15.8 Å². The van der Waals surface area contributed by atoms with Crippen LogP contribution in [0, 0.1) is 15.9 Å². The summed E-state index contributed by atoms with van der Waals surface area (Å²) in [6, 6.07) is 19.7. The van der Waals surface area contributed by atoms with Crippen LogP contribution in [-0.2, 0) is 0 Å². The van der Waals surface area contributed by atoms with Gasteiger partial charge in [0.05, 0.1) is 11.0 Å². The fourth-order valence-corrected chi connectivity index (χ4v) is 3.63. The Morgan fingerprint density at radius 2 is 1.71 bits per heavy atom. The van der Waals surface area contributed by atoms with E-state index in [1.54, 1.807) is 31.3 Å². The minimum atomic E-state index is -0.476. The van der Waals surface area contributed by atoms with Crippen LogP contribution in [0.15, 0.2) is 72.8 Å². The molecule has 31 heavy (non-hydrogen) atoms. The highest BCUT2D eigenvalue weighted by Gasteiger charge is 2.28. The molecule has 7 heteroatoms. The zero-order valence-electron chi connectivity index (χ0n) is 17.0. The summed E-state index contributed by atoms with van der Waals surface area (Å²) in [5.74, 6) is -0.724. The van der Waals surface area contributed by atoms with Gasteiger partial charge in [0.2, 0.25) is 0 Å². The molecule has 4 rings (SSSR count). The highest BCUT2D eigenvalue weighted by Crippen LogP contribution is 2.33. The Labute approximate surface area is 179 Å². The maximum atomic E-state index is 13.5. The Hall–Kier alpha value is -3.74. The largest absolute Gasteiger partial charge is 0.377 e. The number of nitrogens with zero attached hydrogens (tertiary/aromatic N) is 2. The Morgan fingerprint density at radius 3 is 2.32 bits per heavy atom. The van der Waals surface area contributed by atoms with Gasteiger partial charge in [0.25, 0.3) is 11.6 Å². The van der Waals surface area contributed by atoms with Crippen LogP contribution in [0.2, 0.25) is 0 Å². The molecule has 1 aliphatic carbocycles. The first-order valence-electron chi connectivity index (χ1n) is 10.1. The molecule has 1 saturated carbocycles. The number of halogens is 1. The van der Waals surface area contributed by atoms with E-state index in [1.807, 2.05) is 30.3 Å². The van der Waals surface area contributed by atoms with Gasteiger partial charge >= 0.3 is 0 Å². The van der Waals surface area contributed by atoms with Gasteiger partial charge in [0.15, 0.2) is 0 Å². The van der Waals surface area contributed by atoms with Crippen LogP contribution >= 0.6 is 0 Å². The third-order valence-corrected chi connectivity index (χ3v) is 5.39. The fraction of sp³-hybridized carbons (Fsp3) is 0.208. The average Bonchev–Trinajstić information content (AvgIpc) is 3.59. The van der Waals surface area contributed by atoms with Crippen molar-refractivity contribution >= 4 is 17.3 Å². The molecule has 0 heterocycles. The van der Waals surface area contributed by atoms with Gasteiger partial charge in [-0.05, 0) is 48.2 Å². The number of amides is 1. The zero-order chi connectivity index (χ0) is 22.0. The summed E-state index contributed by atoms with van der Waals surface area (Å²) in [7, 11) is 1.64. The molecule has 1 unspecified atom stereocenters. The van der Waals surface area contributed by atoms with Crippen LogP contribution < -0.4 is 5.32 Å². The normalized spacial score (nSPS) is 14.0. The predicted octanol–water partition coefficient (Wildman–Crippen LogP) is 5.17. The van der Waals surface area contributed by atoms with E-state index in [9.17, 15) is 19.3 Å². The van der Waals surface area contributed by atoms with Crippen molar-refractivity contribution in [3.05, 3.63) is 105 Å². The molecule has 1 amide bonds. The van der Waals surface area contributed by atoms with Crippen LogP contribution in [0.5, 0.6) is 0 Å². The predicted molar refractivity (Wildman–Crippen MR) is 117 cm³/mol. The van der Waals surface area contributed by atoms with Crippen LogP contribution in [0.25, 0.3) is 0 Å². The lowest BCUT2D eigenvalue weighted by molar-refractivity contribution is -0.384. The Bertz CT molecular complexity index is 1100. The summed E-state index contributed by atoms with van der Waals surface area (Å²) in [6.45, 7) is 0. The van der Waals surface area contributed by atoms with Crippen molar-refractivity contribution in [2.24, 2.45) is 0 Å². The van der Waals surface area contributed by atoms with Crippen molar-refractivity contribution < 1.29 is 14.1 Å². The van der Waals surface area contributed by atoms with Crippen molar-refractivity contribution in [1.29, 1.82) is 0 Å². The van der Waals surface area contributed by atoms with Crippen molar-refractivity contribution in [1.82, 2.24) is 4.90 Å². The number of hydrogen-bond acceptors (Lipinski definition) is 4. The van der Waals surface area contributed by atoms with Crippen molar-refractivity contribution in [2.75, 3.05) is 12.4 Å². The first-order chi connectivity index (χ1) is 14.9. The lowest BCUT2D eigenvalue weighted by atomic mass is 9.96. The van der Waals surface area contributed by atoms with Gasteiger partial charge in [-0.3, -0.25) is 14.9 Å². The van der Waals surface area contributed by atoms with Gasteiger partial charge in [0, 0.05) is 24.7 Å². The monoisotopic (exact) mass is 419 g/mol. The average molecular weight is 419 g/mol. The molecular formula is C24H22FN3O3. The van der Waals surface area contributed by atoms with Crippen LogP contribution in [-0.4, -0.2) is 28.8 Å². The summed E-state index contributed by atoms with van der Waals surface area (Å²) in [5, 5.41) is 14.7. The van der Waals surface area contributed by atoms with E-state index in [0.29, 0.717) is 5.69 Å². The highest BCUT2D eigenvalue weighted by molar-refractivity contribution is 5.96. The summed E-state index contributed by atoms with van der Waals surface area (Å²) >= 11 is 0. The number of benzene rings is 3. The number of carbonyl (C=O) groups excluding carboxylic acids is 1. The minimum absolute atomic E-state index is 0.121. The van der Waals surface area contributed by atoms with Gasteiger partial charge < -0.3 is 10.2 Å². The van der Waals surface area contributed by atoms with E-state index in [2.05, 4.69) is 5.32 Å². The molecule has 0 spiro atoms. The van der Waals surface area contributed by atoms with E-state index in [0.717, 1.165) is 24.0 Å². The molecule has 1 aliphatic rings. The standard InChI is InChI=1S/C24H22FN3O3/c1-27(23(16-5-3-2-4-6-16)17-7-10-19(25)11-8-17)24(29)18-9-14-21(26-20-12-13-20)22(15-18)28(30)31/h2-11,14-15,20,23,26H,12-13H2,1H3. The topological polar surface area (TPSA) is 75.5 Å². The third-order valence-electron chi connectivity index (χ3n) is 5.39. The third kappa shape index (κ3) is 4.55. The Morgan fingerprint density at radius 1 is 1.06 bits per heavy atom. The van der Waals surface area contributed by atoms with E-state index in [4.69, 9.17) is 0 Å². The molecule has 6 nitrogen and oxygen atoms in total. The summed E-state index contributed by atoms with van der Waals surface area (Å²) in [4.78, 5) is 26.0. The zero-order valence-corrected chi connectivity index (χ0v) is 17.0. The summed E-state index contributed by atoms with van der Waals surface area (Å²) in [5.41, 5.74) is 2.11. The second kappa shape index (κ2) is 8.55. The van der Waals surface area contributed by atoms with Gasteiger partial charge in [-0.1, -0.05) is 42.5 Å². The van der Waals surface area contributed by atoms with Crippen LogP contribution in [0.3, 0.4) is 0 Å². The molecule has 0 bridgehead atoms. The fourth-order valence-electron chi connectivity index (χ4n) is 3.63. The molecule has 3 aromatic rings. The Kier molecular flexibility index (Phi) is 5.66.